The highest BCUT2D eigenvalue weighted by Crippen LogP contribution is 2.60. The molecule has 0 radical (unpaired) electrons. The van der Waals surface area contributed by atoms with E-state index in [0.717, 1.165) is 5.52 Å². The molecule has 0 saturated carbocycles. The summed E-state index contributed by atoms with van der Waals surface area (Å²) in [4.78, 5) is 44.9. The average molecular weight is 631 g/mol. The van der Waals surface area contributed by atoms with Crippen LogP contribution < -0.4 is 0 Å². The van der Waals surface area contributed by atoms with E-state index in [9.17, 15) is 19.5 Å². The molecule has 2 bridgehead atoms. The van der Waals surface area contributed by atoms with Gasteiger partial charge < -0.3 is 24.4 Å². The number of para-hydroxylation sites is 1. The van der Waals surface area contributed by atoms with Gasteiger partial charge in [0.1, 0.15) is 23.8 Å². The molecule has 1 aromatic heterocycles. The summed E-state index contributed by atoms with van der Waals surface area (Å²) in [6, 6.07) is 6.51. The van der Waals surface area contributed by atoms with E-state index < -0.39 is 35.6 Å². The Kier molecular flexibility index (Phi) is 8.91. The number of allylic oxidation sites excluding steroid dienone is 1. The molecule has 2 aromatic rings. The number of carbonyl (C=O) groups is 3. The van der Waals surface area contributed by atoms with Gasteiger partial charge in [-0.2, -0.15) is 0 Å². The highest BCUT2D eigenvalue weighted by Gasteiger charge is 2.77. The molecule has 3 fully saturated rings. The number of aliphatic hydroxyl groups excluding tert-OH is 1. The first-order valence-corrected chi connectivity index (χ1v) is 15.0. The van der Waals surface area contributed by atoms with Gasteiger partial charge in [0, 0.05) is 24.5 Å². The number of likely N-dealkylation sites (tertiary alicyclic amines) is 1. The van der Waals surface area contributed by atoms with Crippen LogP contribution in [0.2, 0.25) is 0 Å². The van der Waals surface area contributed by atoms with E-state index in [4.69, 9.17) is 9.47 Å². The van der Waals surface area contributed by atoms with Gasteiger partial charge in [0.05, 0.1) is 30.1 Å². The number of esters is 1. The molecule has 1 spiro atoms. The Bertz CT molecular complexity index is 1320. The molecule has 3 saturated heterocycles. The van der Waals surface area contributed by atoms with Gasteiger partial charge in [0.2, 0.25) is 11.8 Å². The molecule has 5 rings (SSSR count). The van der Waals surface area contributed by atoms with Crippen molar-refractivity contribution < 1.29 is 29.0 Å². The van der Waals surface area contributed by atoms with E-state index in [1.54, 1.807) is 26.6 Å². The second kappa shape index (κ2) is 12.4. The summed E-state index contributed by atoms with van der Waals surface area (Å²) in [6.07, 6.45) is 5.52. The van der Waals surface area contributed by atoms with Crippen LogP contribution in [-0.4, -0.2) is 96.6 Å². The third-order valence-corrected chi connectivity index (χ3v) is 9.13. The third kappa shape index (κ3) is 5.21. The number of ether oxygens (including phenoxy) is 2. The van der Waals surface area contributed by atoms with Crippen LogP contribution in [0.25, 0.3) is 11.0 Å². The van der Waals surface area contributed by atoms with Gasteiger partial charge in [-0.15, -0.1) is 18.3 Å². The van der Waals surface area contributed by atoms with Crippen molar-refractivity contribution in [2.45, 2.75) is 61.3 Å². The number of halogens is 1. The van der Waals surface area contributed by atoms with Crippen molar-refractivity contribution >= 4 is 44.7 Å². The zero-order chi connectivity index (χ0) is 29.1. The van der Waals surface area contributed by atoms with E-state index in [1.807, 2.05) is 24.3 Å². The maximum absolute atomic E-state index is 14.5. The van der Waals surface area contributed by atoms with Crippen molar-refractivity contribution in [3.8, 4) is 0 Å². The van der Waals surface area contributed by atoms with E-state index in [2.05, 4.69) is 39.4 Å². The molecule has 12 heteroatoms. The lowest BCUT2D eigenvalue weighted by Gasteiger charge is -2.37. The zero-order valence-corrected chi connectivity index (χ0v) is 24.5. The maximum Gasteiger partial charge on any atom is 0.312 e. The number of fused-ring (bicyclic) bond motifs is 2. The monoisotopic (exact) mass is 629 g/mol. The molecular formula is C29H36BrN5O6. The lowest BCUT2D eigenvalue weighted by Crippen LogP contribution is -2.57. The Morgan fingerprint density at radius 1 is 1.24 bits per heavy atom. The summed E-state index contributed by atoms with van der Waals surface area (Å²) >= 11 is 3.68. The van der Waals surface area contributed by atoms with Gasteiger partial charge in [0.25, 0.3) is 0 Å². The molecule has 220 valence electrons. The smallest absolute Gasteiger partial charge is 0.312 e. The predicted molar refractivity (Wildman–Crippen MR) is 154 cm³/mol. The van der Waals surface area contributed by atoms with Crippen molar-refractivity contribution in [1.82, 2.24) is 24.8 Å². The Hall–Kier alpha value is -3.09. The summed E-state index contributed by atoms with van der Waals surface area (Å²) in [5.74, 6) is -2.75. The molecule has 3 aliphatic heterocycles. The number of carbonyl (C=O) groups excluding carboxylic acids is 3. The van der Waals surface area contributed by atoms with Gasteiger partial charge in [0.15, 0.2) is 0 Å². The van der Waals surface area contributed by atoms with Crippen molar-refractivity contribution in [2.24, 2.45) is 11.8 Å². The molecule has 1 aromatic carbocycles. The van der Waals surface area contributed by atoms with Crippen LogP contribution in [-0.2, 0) is 30.5 Å². The van der Waals surface area contributed by atoms with Crippen LogP contribution in [0.4, 0.5) is 0 Å². The number of benzene rings is 1. The highest BCUT2D eigenvalue weighted by atomic mass is 79.9. The number of hydrogen-bond donors (Lipinski definition) is 1. The van der Waals surface area contributed by atoms with Crippen LogP contribution in [0.5, 0.6) is 0 Å². The average Bonchev–Trinajstić information content (AvgIpc) is 3.68. The Labute approximate surface area is 247 Å². The summed E-state index contributed by atoms with van der Waals surface area (Å²) < 4.78 is 13.8. The fourth-order valence-corrected chi connectivity index (χ4v) is 7.48. The summed E-state index contributed by atoms with van der Waals surface area (Å²) in [6.45, 7) is 8.28. The number of nitrogens with zero attached hydrogens (tertiary/aromatic N) is 5. The van der Waals surface area contributed by atoms with E-state index in [1.165, 1.54) is 0 Å². The van der Waals surface area contributed by atoms with Crippen LogP contribution in [0.3, 0.4) is 0 Å². The fourth-order valence-electron chi connectivity index (χ4n) is 6.54. The number of hydrogen-bond acceptors (Lipinski definition) is 8. The normalized spacial score (nSPS) is 28.2. The first-order chi connectivity index (χ1) is 19.9. The third-order valence-electron chi connectivity index (χ3n) is 8.29. The lowest BCUT2D eigenvalue weighted by atomic mass is 9.70. The minimum atomic E-state index is -1.19. The number of unbranched alkanes of at least 4 members (excludes halogenated alkanes) is 2. The van der Waals surface area contributed by atoms with Gasteiger partial charge in [-0.25, -0.2) is 4.68 Å². The number of amides is 2. The predicted octanol–water partition coefficient (Wildman–Crippen LogP) is 2.43. The largest absolute Gasteiger partial charge is 0.465 e. The summed E-state index contributed by atoms with van der Waals surface area (Å²) in [7, 11) is 0. The van der Waals surface area contributed by atoms with Crippen LogP contribution in [0.15, 0.2) is 49.6 Å². The molecule has 6 atom stereocenters. The van der Waals surface area contributed by atoms with Gasteiger partial charge in [-0.1, -0.05) is 45.4 Å². The quantitative estimate of drug-likeness (QED) is 0.146. The van der Waals surface area contributed by atoms with Crippen molar-refractivity contribution in [3.05, 3.63) is 49.6 Å². The van der Waals surface area contributed by atoms with E-state index in [0.29, 0.717) is 37.6 Å². The SMILES string of the molecule is C=CCCCOC(=O)[C@H]1[C@H]2C(=O)N(CCCCO)C(C(=O)N(CC=C)Cn3nnc4ccccc43)C23CC(Br)[C@@H]1O3. The van der Waals surface area contributed by atoms with Crippen molar-refractivity contribution in [3.63, 3.8) is 0 Å². The molecular weight excluding hydrogens is 594 g/mol. The maximum atomic E-state index is 14.5. The number of rotatable bonds is 14. The zero-order valence-electron chi connectivity index (χ0n) is 22.9. The first kappa shape index (κ1) is 29.4. The molecule has 3 aliphatic rings. The molecule has 3 unspecified atom stereocenters. The topological polar surface area (TPSA) is 127 Å². The molecule has 2 amide bonds. The highest BCUT2D eigenvalue weighted by molar-refractivity contribution is 9.09. The van der Waals surface area contributed by atoms with Crippen LogP contribution in [0.1, 0.15) is 32.1 Å². The Morgan fingerprint density at radius 2 is 2.05 bits per heavy atom. The molecule has 0 aliphatic carbocycles. The fraction of sp³-hybridized carbons (Fsp3) is 0.552. The van der Waals surface area contributed by atoms with Gasteiger partial charge >= 0.3 is 5.97 Å². The van der Waals surface area contributed by atoms with Crippen LogP contribution in [0, 0.1) is 11.8 Å². The van der Waals surface area contributed by atoms with E-state index >= 15 is 0 Å². The minimum absolute atomic E-state index is 0.0289. The molecule has 4 heterocycles. The summed E-state index contributed by atoms with van der Waals surface area (Å²) in [5.41, 5.74) is 0.277. The molecule has 1 N–H and O–H groups in total. The summed E-state index contributed by atoms with van der Waals surface area (Å²) in [5, 5.41) is 17.9. The lowest BCUT2D eigenvalue weighted by molar-refractivity contribution is -0.155. The standard InChI is InChI=1S/C29H36BrN5O6/c1-3-5-10-16-40-28(39)22-23-26(37)34(14-8-9-15-36)25(29(23)17-19(30)24(22)41-29)27(38)33(13-4-2)18-35-21-12-7-6-11-20(21)31-32-35/h3-4,6-7,11-12,19,22-25,36H,1-2,5,8-10,13-18H2/t19?,22-,23-,24-,25?,29?/m0/s1. The number of alkyl halides is 1. The molecule has 41 heavy (non-hydrogen) atoms. The van der Waals surface area contributed by atoms with Crippen molar-refractivity contribution in [1.29, 1.82) is 0 Å². The van der Waals surface area contributed by atoms with Gasteiger partial charge in [-0.3, -0.25) is 14.4 Å². The second-order valence-corrected chi connectivity index (χ2v) is 12.0. The van der Waals surface area contributed by atoms with E-state index in [-0.39, 0.29) is 49.6 Å². The second-order valence-electron chi connectivity index (χ2n) is 10.8. The minimum Gasteiger partial charge on any atom is -0.465 e. The van der Waals surface area contributed by atoms with Crippen molar-refractivity contribution in [2.75, 3.05) is 26.3 Å². The Morgan fingerprint density at radius 3 is 2.80 bits per heavy atom. The number of aliphatic hydroxyl groups is 1. The van der Waals surface area contributed by atoms with Crippen LogP contribution >= 0.6 is 15.9 Å². The van der Waals surface area contributed by atoms with Gasteiger partial charge in [-0.05, 0) is 44.2 Å². The molecule has 11 nitrogen and oxygen atoms in total. The number of aromatic nitrogens is 3. The Balaban J connectivity index is 1.47. The first-order valence-electron chi connectivity index (χ1n) is 14.1.